The molecule has 1 heterocycles. The van der Waals surface area contributed by atoms with E-state index in [0.29, 0.717) is 6.42 Å². The van der Waals surface area contributed by atoms with Crippen LogP contribution >= 0.6 is 0 Å². The number of hydrogen-bond donors (Lipinski definition) is 1. The highest BCUT2D eigenvalue weighted by Gasteiger charge is 2.55. The Morgan fingerprint density at radius 1 is 1.58 bits per heavy atom. The van der Waals surface area contributed by atoms with E-state index < -0.39 is 17.9 Å². The first-order valence-corrected chi connectivity index (χ1v) is 3.84. The van der Waals surface area contributed by atoms with Gasteiger partial charge in [-0.15, -0.1) is 0 Å². The molecule has 5 heteroatoms. The van der Waals surface area contributed by atoms with Gasteiger partial charge in [0.2, 0.25) is 0 Å². The molecule has 0 amide bonds. The zero-order valence-corrected chi connectivity index (χ0v) is 6.82. The quantitative estimate of drug-likeness (QED) is 0.667. The van der Waals surface area contributed by atoms with Crippen LogP contribution in [0.2, 0.25) is 0 Å². The molecular weight excluding hydrogens is 171 g/mol. The van der Waals surface area contributed by atoms with Crippen molar-refractivity contribution in [3.8, 4) is 0 Å². The second-order valence-electron chi connectivity index (χ2n) is 3.24. The zero-order valence-electron chi connectivity index (χ0n) is 6.82. The number of nitrogens with two attached hydrogens (primary N) is 1. The summed E-state index contributed by atoms with van der Waals surface area (Å²) >= 11 is 0. The summed E-state index contributed by atoms with van der Waals surface area (Å²) in [5.41, 5.74) is 3.23. The highest BCUT2D eigenvalue weighted by Crippen LogP contribution is 2.42. The van der Waals surface area contributed by atoms with E-state index in [9.17, 15) is 13.2 Å². The van der Waals surface area contributed by atoms with E-state index in [1.54, 1.807) is 0 Å². The predicted octanol–water partition coefficient (Wildman–Crippen LogP) is 1.45. The standard InChI is InChI=1S/C7H12F3NO/c1-6(7(8,9)10)3-2-5(4-11)12-6/h5H,2-4,11H2,1H3. The molecule has 0 aromatic heterocycles. The number of halogens is 3. The Morgan fingerprint density at radius 2 is 2.17 bits per heavy atom. The highest BCUT2D eigenvalue weighted by molar-refractivity contribution is 4.91. The molecule has 0 radical (unpaired) electrons. The van der Waals surface area contributed by atoms with Gasteiger partial charge in [0.05, 0.1) is 6.10 Å². The Morgan fingerprint density at radius 3 is 2.42 bits per heavy atom. The summed E-state index contributed by atoms with van der Waals surface area (Å²) in [5.74, 6) is 0. The molecule has 1 saturated heterocycles. The fourth-order valence-electron chi connectivity index (χ4n) is 1.30. The summed E-state index contributed by atoms with van der Waals surface area (Å²) < 4.78 is 41.7. The van der Waals surface area contributed by atoms with E-state index in [-0.39, 0.29) is 13.0 Å². The van der Waals surface area contributed by atoms with Gasteiger partial charge in [-0.05, 0) is 19.8 Å². The molecule has 0 saturated carbocycles. The molecule has 1 rings (SSSR count). The Bertz CT molecular complexity index is 171. The highest BCUT2D eigenvalue weighted by atomic mass is 19.4. The van der Waals surface area contributed by atoms with Crippen molar-refractivity contribution < 1.29 is 17.9 Å². The lowest BCUT2D eigenvalue weighted by molar-refractivity contribution is -0.263. The van der Waals surface area contributed by atoms with E-state index in [1.807, 2.05) is 0 Å². The first kappa shape index (κ1) is 9.80. The molecule has 1 aliphatic rings. The Hall–Kier alpha value is -0.290. The van der Waals surface area contributed by atoms with Crippen LogP contribution in [0.15, 0.2) is 0 Å². The van der Waals surface area contributed by atoms with Gasteiger partial charge in [0, 0.05) is 6.54 Å². The second-order valence-corrected chi connectivity index (χ2v) is 3.24. The van der Waals surface area contributed by atoms with E-state index in [4.69, 9.17) is 10.5 Å². The monoisotopic (exact) mass is 183 g/mol. The van der Waals surface area contributed by atoms with Crippen molar-refractivity contribution in [1.82, 2.24) is 0 Å². The van der Waals surface area contributed by atoms with Crippen LogP contribution in [0.1, 0.15) is 19.8 Å². The van der Waals surface area contributed by atoms with Crippen LogP contribution in [0.5, 0.6) is 0 Å². The largest absolute Gasteiger partial charge is 0.417 e. The lowest BCUT2D eigenvalue weighted by Gasteiger charge is -2.27. The molecule has 1 aliphatic heterocycles. The zero-order chi connectivity index (χ0) is 9.41. The third kappa shape index (κ3) is 1.56. The van der Waals surface area contributed by atoms with Gasteiger partial charge < -0.3 is 10.5 Å². The maximum atomic E-state index is 12.3. The van der Waals surface area contributed by atoms with Crippen molar-refractivity contribution in [2.24, 2.45) is 5.73 Å². The SMILES string of the molecule is CC1(C(F)(F)F)CCC(CN)O1. The molecule has 2 unspecified atom stereocenters. The minimum atomic E-state index is -4.28. The van der Waals surface area contributed by atoms with E-state index in [0.717, 1.165) is 6.92 Å². The van der Waals surface area contributed by atoms with Crippen molar-refractivity contribution in [1.29, 1.82) is 0 Å². The van der Waals surface area contributed by atoms with Gasteiger partial charge in [0.15, 0.2) is 5.60 Å². The maximum absolute atomic E-state index is 12.3. The molecule has 2 atom stereocenters. The van der Waals surface area contributed by atoms with Crippen LogP contribution < -0.4 is 5.73 Å². The molecule has 0 spiro atoms. The molecule has 0 aromatic carbocycles. The average Bonchev–Trinajstić information content (AvgIpc) is 2.31. The Balaban J connectivity index is 2.64. The lowest BCUT2D eigenvalue weighted by atomic mass is 10.0. The number of ether oxygens (including phenoxy) is 1. The van der Waals surface area contributed by atoms with Gasteiger partial charge in [-0.1, -0.05) is 0 Å². The topological polar surface area (TPSA) is 35.2 Å². The van der Waals surface area contributed by atoms with Gasteiger partial charge in [-0.2, -0.15) is 13.2 Å². The van der Waals surface area contributed by atoms with E-state index in [2.05, 4.69) is 0 Å². The normalized spacial score (nSPS) is 37.2. The molecule has 0 bridgehead atoms. The van der Waals surface area contributed by atoms with E-state index in [1.165, 1.54) is 0 Å². The van der Waals surface area contributed by atoms with Crippen LogP contribution in [0.25, 0.3) is 0 Å². The predicted molar refractivity (Wildman–Crippen MR) is 37.6 cm³/mol. The summed E-state index contributed by atoms with van der Waals surface area (Å²) in [6.07, 6.45) is -4.31. The van der Waals surface area contributed by atoms with Gasteiger partial charge in [-0.25, -0.2) is 0 Å². The third-order valence-corrected chi connectivity index (χ3v) is 2.23. The summed E-state index contributed by atoms with van der Waals surface area (Å²) in [4.78, 5) is 0. The van der Waals surface area contributed by atoms with Crippen molar-refractivity contribution in [3.63, 3.8) is 0 Å². The van der Waals surface area contributed by atoms with Crippen molar-refractivity contribution in [2.45, 2.75) is 37.6 Å². The smallest absolute Gasteiger partial charge is 0.361 e. The summed E-state index contributed by atoms with van der Waals surface area (Å²) in [6, 6.07) is 0. The summed E-state index contributed by atoms with van der Waals surface area (Å²) in [6.45, 7) is 1.23. The average molecular weight is 183 g/mol. The van der Waals surface area contributed by atoms with Gasteiger partial charge >= 0.3 is 6.18 Å². The first-order chi connectivity index (χ1) is 5.39. The van der Waals surface area contributed by atoms with Crippen molar-refractivity contribution in [2.75, 3.05) is 6.54 Å². The fraction of sp³-hybridized carbons (Fsp3) is 1.00. The Kier molecular flexibility index (Phi) is 2.35. The second kappa shape index (κ2) is 2.88. The minimum absolute atomic E-state index is 0.0123. The first-order valence-electron chi connectivity index (χ1n) is 3.84. The molecule has 0 aliphatic carbocycles. The van der Waals surface area contributed by atoms with Gasteiger partial charge in [0.25, 0.3) is 0 Å². The van der Waals surface area contributed by atoms with Gasteiger partial charge in [0.1, 0.15) is 0 Å². The van der Waals surface area contributed by atoms with Crippen LogP contribution in [0.4, 0.5) is 13.2 Å². The maximum Gasteiger partial charge on any atom is 0.417 e. The summed E-state index contributed by atoms with van der Waals surface area (Å²) in [5, 5.41) is 0. The number of hydrogen-bond acceptors (Lipinski definition) is 2. The molecular formula is C7H12F3NO. The molecule has 2 nitrogen and oxygen atoms in total. The van der Waals surface area contributed by atoms with Crippen molar-refractivity contribution >= 4 is 0 Å². The third-order valence-electron chi connectivity index (χ3n) is 2.23. The van der Waals surface area contributed by atoms with Crippen LogP contribution in [0.3, 0.4) is 0 Å². The molecule has 2 N–H and O–H groups in total. The lowest BCUT2D eigenvalue weighted by Crippen LogP contribution is -2.42. The van der Waals surface area contributed by atoms with Gasteiger partial charge in [-0.3, -0.25) is 0 Å². The number of alkyl halides is 3. The van der Waals surface area contributed by atoms with Crippen LogP contribution in [-0.2, 0) is 4.74 Å². The molecule has 12 heavy (non-hydrogen) atoms. The van der Waals surface area contributed by atoms with E-state index >= 15 is 0 Å². The van der Waals surface area contributed by atoms with Crippen LogP contribution in [-0.4, -0.2) is 24.4 Å². The van der Waals surface area contributed by atoms with Crippen LogP contribution in [0, 0.1) is 0 Å². The fourth-order valence-corrected chi connectivity index (χ4v) is 1.30. The summed E-state index contributed by atoms with van der Waals surface area (Å²) in [7, 11) is 0. The molecule has 1 fully saturated rings. The minimum Gasteiger partial charge on any atom is -0.361 e. The van der Waals surface area contributed by atoms with Crippen molar-refractivity contribution in [3.05, 3.63) is 0 Å². The Labute approximate surface area is 68.9 Å². The number of rotatable bonds is 1. The molecule has 0 aromatic rings. The molecule has 72 valence electrons.